The number of fused-ring (bicyclic) bond motifs is 1. The summed E-state index contributed by atoms with van der Waals surface area (Å²) in [6.45, 7) is 6.11. The molecule has 0 saturated carbocycles. The summed E-state index contributed by atoms with van der Waals surface area (Å²) in [6.07, 6.45) is 5.71. The summed E-state index contributed by atoms with van der Waals surface area (Å²) >= 11 is 0. The Hall–Kier alpha value is -3.35. The minimum absolute atomic E-state index is 0.108. The van der Waals surface area contributed by atoms with E-state index in [2.05, 4.69) is 26.8 Å². The number of benzene rings is 1. The van der Waals surface area contributed by atoms with Gasteiger partial charge in [-0.25, -0.2) is 4.98 Å². The van der Waals surface area contributed by atoms with Crippen LogP contribution in [0.2, 0.25) is 0 Å². The molecule has 0 bridgehead atoms. The molecular weight excluding hydrogens is 390 g/mol. The van der Waals surface area contributed by atoms with Crippen molar-refractivity contribution in [2.24, 2.45) is 7.05 Å². The second kappa shape index (κ2) is 7.72. The van der Waals surface area contributed by atoms with E-state index in [1.807, 2.05) is 61.0 Å². The molecule has 0 unspecified atom stereocenters. The van der Waals surface area contributed by atoms with E-state index >= 15 is 0 Å². The van der Waals surface area contributed by atoms with Crippen LogP contribution in [0.15, 0.2) is 47.2 Å². The number of carbonyl (C=O) groups is 1. The average Bonchev–Trinajstić information content (AvgIpc) is 3.48. The summed E-state index contributed by atoms with van der Waals surface area (Å²) in [7, 11) is 1.97. The molecule has 160 valence electrons. The number of amides is 1. The van der Waals surface area contributed by atoms with Crippen LogP contribution in [-0.4, -0.2) is 43.2 Å². The minimum atomic E-state index is 0.108. The number of aromatic nitrogens is 4. The second-order valence-electron chi connectivity index (χ2n) is 8.43. The molecule has 1 saturated heterocycles. The van der Waals surface area contributed by atoms with Crippen LogP contribution in [0.4, 0.5) is 0 Å². The zero-order valence-electron chi connectivity index (χ0n) is 18.2. The molecule has 1 aliphatic rings. The molecule has 0 N–H and O–H groups in total. The largest absolute Gasteiger partial charge is 0.361 e. The molecule has 1 aliphatic heterocycles. The number of hydrogen-bond acceptors (Lipinski definition) is 4. The first-order valence-electron chi connectivity index (χ1n) is 10.8. The van der Waals surface area contributed by atoms with Gasteiger partial charge in [0.1, 0.15) is 17.3 Å². The summed E-state index contributed by atoms with van der Waals surface area (Å²) in [4.78, 5) is 19.8. The number of rotatable bonds is 4. The number of likely N-dealkylation sites (tertiary alicyclic amines) is 1. The first-order chi connectivity index (χ1) is 15.0. The predicted octanol–water partition coefficient (Wildman–Crippen LogP) is 4.05. The normalized spacial score (nSPS) is 15.1. The first-order valence-corrected chi connectivity index (χ1v) is 10.8. The summed E-state index contributed by atoms with van der Waals surface area (Å²) in [5.41, 5.74) is 3.87. The summed E-state index contributed by atoms with van der Waals surface area (Å²) in [6, 6.07) is 10.1. The number of para-hydroxylation sites is 1. The molecule has 1 amide bonds. The van der Waals surface area contributed by atoms with Gasteiger partial charge in [0.05, 0.1) is 12.2 Å². The van der Waals surface area contributed by atoms with Gasteiger partial charge in [0.25, 0.3) is 5.91 Å². The van der Waals surface area contributed by atoms with Crippen LogP contribution >= 0.6 is 0 Å². The van der Waals surface area contributed by atoms with Crippen LogP contribution in [0.3, 0.4) is 0 Å². The molecule has 0 aliphatic carbocycles. The highest BCUT2D eigenvalue weighted by Crippen LogP contribution is 2.29. The Kier molecular flexibility index (Phi) is 4.88. The van der Waals surface area contributed by atoms with Gasteiger partial charge in [-0.3, -0.25) is 4.79 Å². The monoisotopic (exact) mass is 417 g/mol. The molecule has 0 atom stereocenters. The SMILES string of the molecule is Cc1noc(C)c1Cn1ccnc1C1CCN(C(=O)c2cc3ccccc3n2C)CC1. The Morgan fingerprint density at radius 2 is 1.97 bits per heavy atom. The van der Waals surface area contributed by atoms with Crippen molar-refractivity contribution >= 4 is 16.8 Å². The van der Waals surface area contributed by atoms with E-state index in [9.17, 15) is 4.79 Å². The molecule has 7 heteroatoms. The van der Waals surface area contributed by atoms with E-state index in [4.69, 9.17) is 4.52 Å². The minimum Gasteiger partial charge on any atom is -0.361 e. The maximum atomic E-state index is 13.2. The Labute approximate surface area is 181 Å². The van der Waals surface area contributed by atoms with Crippen LogP contribution in [-0.2, 0) is 13.6 Å². The van der Waals surface area contributed by atoms with Crippen molar-refractivity contribution < 1.29 is 9.32 Å². The standard InChI is InChI=1S/C24H27N5O2/c1-16-20(17(2)31-26-16)15-29-13-10-25-23(29)18-8-11-28(12-9-18)24(30)22-14-19-6-4-5-7-21(19)27(22)3/h4-7,10,13-14,18H,8-9,11-12,15H2,1-3H3. The van der Waals surface area contributed by atoms with Crippen LogP contribution in [0.25, 0.3) is 10.9 Å². The molecule has 7 nitrogen and oxygen atoms in total. The lowest BCUT2D eigenvalue weighted by Crippen LogP contribution is -2.39. The lowest BCUT2D eigenvalue weighted by Gasteiger charge is -2.32. The third-order valence-corrected chi connectivity index (χ3v) is 6.58. The fourth-order valence-electron chi connectivity index (χ4n) is 4.71. The van der Waals surface area contributed by atoms with Gasteiger partial charge in [-0.05, 0) is 38.8 Å². The van der Waals surface area contributed by atoms with Crippen molar-refractivity contribution in [2.75, 3.05) is 13.1 Å². The van der Waals surface area contributed by atoms with Gasteiger partial charge < -0.3 is 18.6 Å². The van der Waals surface area contributed by atoms with E-state index in [1.165, 1.54) is 0 Å². The van der Waals surface area contributed by atoms with Crippen molar-refractivity contribution in [3.8, 4) is 0 Å². The van der Waals surface area contributed by atoms with Crippen molar-refractivity contribution in [1.29, 1.82) is 0 Å². The third kappa shape index (κ3) is 3.44. The molecule has 4 heterocycles. The molecule has 31 heavy (non-hydrogen) atoms. The van der Waals surface area contributed by atoms with Crippen LogP contribution in [0, 0.1) is 13.8 Å². The molecule has 0 spiro atoms. The van der Waals surface area contributed by atoms with Gasteiger partial charge in [-0.2, -0.15) is 0 Å². The lowest BCUT2D eigenvalue weighted by molar-refractivity contribution is 0.0701. The van der Waals surface area contributed by atoms with Crippen molar-refractivity contribution in [2.45, 2.75) is 39.2 Å². The Balaban J connectivity index is 1.29. The molecular formula is C24H27N5O2. The van der Waals surface area contributed by atoms with Gasteiger partial charge >= 0.3 is 0 Å². The number of piperidine rings is 1. The zero-order valence-corrected chi connectivity index (χ0v) is 18.2. The van der Waals surface area contributed by atoms with Crippen LogP contribution in [0.5, 0.6) is 0 Å². The van der Waals surface area contributed by atoms with Gasteiger partial charge in [0.2, 0.25) is 0 Å². The summed E-state index contributed by atoms with van der Waals surface area (Å²) < 4.78 is 9.51. The van der Waals surface area contributed by atoms with E-state index in [0.29, 0.717) is 12.5 Å². The predicted molar refractivity (Wildman–Crippen MR) is 118 cm³/mol. The number of nitrogens with zero attached hydrogens (tertiary/aromatic N) is 5. The smallest absolute Gasteiger partial charge is 0.270 e. The van der Waals surface area contributed by atoms with Crippen molar-refractivity contribution in [1.82, 2.24) is 24.2 Å². The number of imidazole rings is 1. The van der Waals surface area contributed by atoms with Gasteiger partial charge in [0, 0.05) is 54.9 Å². The first kappa shape index (κ1) is 19.6. The Bertz CT molecular complexity index is 1220. The quantitative estimate of drug-likeness (QED) is 0.502. The fraction of sp³-hybridized carbons (Fsp3) is 0.375. The van der Waals surface area contributed by atoms with Gasteiger partial charge in [-0.1, -0.05) is 23.4 Å². The maximum absolute atomic E-state index is 13.2. The van der Waals surface area contributed by atoms with Crippen molar-refractivity contribution in [3.05, 3.63) is 71.3 Å². The van der Waals surface area contributed by atoms with Crippen molar-refractivity contribution in [3.63, 3.8) is 0 Å². The molecule has 1 aromatic carbocycles. The summed E-state index contributed by atoms with van der Waals surface area (Å²) in [5, 5.41) is 5.17. The van der Waals surface area contributed by atoms with E-state index in [-0.39, 0.29) is 5.91 Å². The molecule has 5 rings (SSSR count). The lowest BCUT2D eigenvalue weighted by atomic mass is 9.95. The highest BCUT2D eigenvalue weighted by molar-refractivity contribution is 5.98. The molecule has 0 radical (unpaired) electrons. The zero-order chi connectivity index (χ0) is 21.5. The molecule has 1 fully saturated rings. The number of carbonyl (C=O) groups excluding carboxylic acids is 1. The number of aryl methyl sites for hydroxylation is 3. The maximum Gasteiger partial charge on any atom is 0.270 e. The second-order valence-corrected chi connectivity index (χ2v) is 8.43. The summed E-state index contributed by atoms with van der Waals surface area (Å²) in [5.74, 6) is 2.38. The van der Waals surface area contributed by atoms with E-state index < -0.39 is 0 Å². The highest BCUT2D eigenvalue weighted by atomic mass is 16.5. The topological polar surface area (TPSA) is 69.1 Å². The van der Waals surface area contributed by atoms with Crippen LogP contribution in [0.1, 0.15) is 52.1 Å². The van der Waals surface area contributed by atoms with Gasteiger partial charge in [0.15, 0.2) is 0 Å². The molecule has 4 aromatic rings. The van der Waals surface area contributed by atoms with E-state index in [0.717, 1.165) is 65.4 Å². The van der Waals surface area contributed by atoms with Crippen LogP contribution < -0.4 is 0 Å². The van der Waals surface area contributed by atoms with E-state index in [1.54, 1.807) is 0 Å². The molecule has 3 aromatic heterocycles. The Morgan fingerprint density at radius 3 is 2.68 bits per heavy atom. The van der Waals surface area contributed by atoms with Gasteiger partial charge in [-0.15, -0.1) is 0 Å². The fourth-order valence-corrected chi connectivity index (χ4v) is 4.71. The number of hydrogen-bond donors (Lipinski definition) is 0. The highest BCUT2D eigenvalue weighted by Gasteiger charge is 2.28. The Morgan fingerprint density at radius 1 is 1.19 bits per heavy atom. The third-order valence-electron chi connectivity index (χ3n) is 6.58. The average molecular weight is 418 g/mol.